The van der Waals surface area contributed by atoms with Crippen molar-refractivity contribution < 1.29 is 4.42 Å². The van der Waals surface area contributed by atoms with Gasteiger partial charge in [-0.05, 0) is 119 Å². The normalized spacial score (nSPS) is 13.1. The van der Waals surface area contributed by atoms with E-state index in [9.17, 15) is 0 Å². The van der Waals surface area contributed by atoms with E-state index in [0.29, 0.717) is 0 Å². The highest BCUT2D eigenvalue weighted by atomic mass is 16.3. The van der Waals surface area contributed by atoms with Gasteiger partial charge in [-0.1, -0.05) is 127 Å². The third kappa shape index (κ3) is 5.14. The number of aromatic nitrogens is 2. The molecule has 272 valence electrons. The molecule has 3 heteroatoms. The van der Waals surface area contributed by atoms with E-state index in [1.165, 1.54) is 77.0 Å². The van der Waals surface area contributed by atoms with Crippen molar-refractivity contribution in [1.29, 1.82) is 0 Å². The lowest BCUT2D eigenvalue weighted by molar-refractivity contribution is 0.669. The van der Waals surface area contributed by atoms with Gasteiger partial charge in [0.15, 0.2) is 0 Å². The minimum Gasteiger partial charge on any atom is -0.456 e. The van der Waals surface area contributed by atoms with Crippen LogP contribution in [-0.4, -0.2) is 9.13 Å². The van der Waals surface area contributed by atoms with Gasteiger partial charge in [0.25, 0.3) is 0 Å². The molecule has 1 aliphatic rings. The standard InChI is InChI=1S/C55H36N2O/c1-2-5-15-36(14-4-1)38-25-28-54-48(34-38)49-35-42(26-29-55(49)58-54)56-52-23-13-10-20-46(52)47-33-39(24-27-53(47)56)41-30-40(37-16-6-3-7-17-37)31-43(32-41)57-50-21-11-8-18-44(50)45-19-9-12-22-51(45)57/h1,3-35H,2H2. The third-order valence-electron chi connectivity index (χ3n) is 11.9. The molecule has 0 aliphatic heterocycles. The van der Waals surface area contributed by atoms with Crippen LogP contribution in [0.3, 0.4) is 0 Å². The zero-order valence-electron chi connectivity index (χ0n) is 31.6. The molecule has 0 amide bonds. The van der Waals surface area contributed by atoms with Crippen LogP contribution in [0, 0.1) is 0 Å². The monoisotopic (exact) mass is 740 g/mol. The van der Waals surface area contributed by atoms with E-state index in [0.717, 1.165) is 39.7 Å². The van der Waals surface area contributed by atoms with E-state index in [-0.39, 0.29) is 0 Å². The van der Waals surface area contributed by atoms with Gasteiger partial charge in [0.2, 0.25) is 0 Å². The molecule has 0 saturated heterocycles. The molecule has 0 atom stereocenters. The number of benzene rings is 8. The first-order chi connectivity index (χ1) is 28.7. The first-order valence-electron chi connectivity index (χ1n) is 20.0. The van der Waals surface area contributed by atoms with Crippen LogP contribution < -0.4 is 0 Å². The van der Waals surface area contributed by atoms with Gasteiger partial charge >= 0.3 is 0 Å². The van der Waals surface area contributed by atoms with Crippen molar-refractivity contribution in [2.24, 2.45) is 0 Å². The van der Waals surface area contributed by atoms with Gasteiger partial charge in [0.05, 0.1) is 22.1 Å². The molecule has 58 heavy (non-hydrogen) atoms. The van der Waals surface area contributed by atoms with Crippen LogP contribution in [-0.2, 0) is 0 Å². The zero-order valence-corrected chi connectivity index (χ0v) is 31.6. The van der Waals surface area contributed by atoms with Crippen molar-refractivity contribution in [2.75, 3.05) is 0 Å². The minimum atomic E-state index is 0.890. The maximum Gasteiger partial charge on any atom is 0.135 e. The van der Waals surface area contributed by atoms with Gasteiger partial charge in [-0.25, -0.2) is 0 Å². The molecule has 1 aliphatic carbocycles. The number of rotatable bonds is 5. The highest BCUT2D eigenvalue weighted by Crippen LogP contribution is 2.40. The van der Waals surface area contributed by atoms with Crippen molar-refractivity contribution in [3.8, 4) is 33.6 Å². The average Bonchev–Trinajstić information content (AvgIpc) is 3.84. The molecule has 0 bridgehead atoms. The number of furan rings is 1. The topological polar surface area (TPSA) is 23.0 Å². The molecule has 0 radical (unpaired) electrons. The fourth-order valence-electron chi connectivity index (χ4n) is 9.19. The second-order valence-electron chi connectivity index (χ2n) is 15.3. The first-order valence-corrected chi connectivity index (χ1v) is 20.0. The Kier molecular flexibility index (Phi) is 7.29. The SMILES string of the molecule is C1=CCC=CC(c2ccc3oc4ccc(-n5c6ccccc6c6cc(-c7cc(-c8ccccc8)cc(-n8c9ccccc9c9ccccc98)c7)ccc65)cc4c3c2)=C1. The summed E-state index contributed by atoms with van der Waals surface area (Å²) in [6, 6.07) is 64.1. The molecule has 0 fully saturated rings. The Hall–Kier alpha value is -7.62. The average molecular weight is 741 g/mol. The van der Waals surface area contributed by atoms with Gasteiger partial charge in [-0.3, -0.25) is 0 Å². The Morgan fingerprint density at radius 3 is 1.67 bits per heavy atom. The number of nitrogens with zero attached hydrogens (tertiary/aromatic N) is 2. The Morgan fingerprint density at radius 1 is 0.362 bits per heavy atom. The van der Waals surface area contributed by atoms with Gasteiger partial charge in [-0.2, -0.15) is 0 Å². The fourth-order valence-corrected chi connectivity index (χ4v) is 9.19. The maximum atomic E-state index is 6.39. The van der Waals surface area contributed by atoms with E-state index in [1.54, 1.807) is 0 Å². The summed E-state index contributed by atoms with van der Waals surface area (Å²) in [6.45, 7) is 0. The third-order valence-corrected chi connectivity index (χ3v) is 11.9. The number of para-hydroxylation sites is 3. The summed E-state index contributed by atoms with van der Waals surface area (Å²) in [7, 11) is 0. The van der Waals surface area contributed by atoms with Crippen LogP contribution in [0.4, 0.5) is 0 Å². The lowest BCUT2D eigenvalue weighted by Gasteiger charge is -2.14. The van der Waals surface area contributed by atoms with Crippen molar-refractivity contribution >= 4 is 71.1 Å². The van der Waals surface area contributed by atoms with Crippen LogP contribution in [0.15, 0.2) is 211 Å². The van der Waals surface area contributed by atoms with Gasteiger partial charge < -0.3 is 13.6 Å². The number of hydrogen-bond acceptors (Lipinski definition) is 1. The van der Waals surface area contributed by atoms with Crippen LogP contribution in [0.2, 0.25) is 0 Å². The van der Waals surface area contributed by atoms with Crippen molar-refractivity contribution in [3.63, 3.8) is 0 Å². The summed E-state index contributed by atoms with van der Waals surface area (Å²) in [5.74, 6) is 0. The van der Waals surface area contributed by atoms with Gasteiger partial charge in [0.1, 0.15) is 11.2 Å². The second kappa shape index (κ2) is 13.0. The summed E-state index contributed by atoms with van der Waals surface area (Å²) >= 11 is 0. The number of allylic oxidation sites excluding steroid dienone is 6. The molecule has 3 heterocycles. The first kappa shape index (κ1) is 32.6. The smallest absolute Gasteiger partial charge is 0.135 e. The predicted molar refractivity (Wildman–Crippen MR) is 244 cm³/mol. The zero-order chi connectivity index (χ0) is 38.2. The van der Waals surface area contributed by atoms with Gasteiger partial charge in [-0.15, -0.1) is 0 Å². The van der Waals surface area contributed by atoms with Crippen LogP contribution in [0.25, 0.3) is 105 Å². The minimum absolute atomic E-state index is 0.890. The molecule has 3 nitrogen and oxygen atoms in total. The summed E-state index contributed by atoms with van der Waals surface area (Å²) in [6.07, 6.45) is 11.9. The molecule has 0 unspecified atom stereocenters. The number of fused-ring (bicyclic) bond motifs is 9. The highest BCUT2D eigenvalue weighted by Gasteiger charge is 2.18. The van der Waals surface area contributed by atoms with Crippen molar-refractivity contribution in [1.82, 2.24) is 9.13 Å². The fraction of sp³-hybridized carbons (Fsp3) is 0.0182. The lowest BCUT2D eigenvalue weighted by atomic mass is 9.96. The summed E-state index contributed by atoms with van der Waals surface area (Å²) in [5.41, 5.74) is 15.9. The summed E-state index contributed by atoms with van der Waals surface area (Å²) in [5, 5.41) is 7.19. The Morgan fingerprint density at radius 2 is 0.931 bits per heavy atom. The van der Waals surface area contributed by atoms with E-state index in [4.69, 9.17) is 4.42 Å². The van der Waals surface area contributed by atoms with Crippen molar-refractivity contribution in [3.05, 3.63) is 212 Å². The molecule has 0 spiro atoms. The lowest BCUT2D eigenvalue weighted by Crippen LogP contribution is -1.96. The Balaban J connectivity index is 1.04. The van der Waals surface area contributed by atoms with Crippen LogP contribution in [0.5, 0.6) is 0 Å². The molecule has 0 N–H and O–H groups in total. The molecule has 11 aromatic rings. The molecule has 3 aromatic heterocycles. The van der Waals surface area contributed by atoms with Crippen molar-refractivity contribution in [2.45, 2.75) is 6.42 Å². The Labute approximate surface area is 335 Å². The highest BCUT2D eigenvalue weighted by molar-refractivity contribution is 6.12. The largest absolute Gasteiger partial charge is 0.456 e. The summed E-state index contributed by atoms with van der Waals surface area (Å²) < 4.78 is 11.2. The molecule has 12 rings (SSSR count). The Bertz CT molecular complexity index is 3480. The van der Waals surface area contributed by atoms with E-state index < -0.39 is 0 Å². The maximum absolute atomic E-state index is 6.39. The predicted octanol–water partition coefficient (Wildman–Crippen LogP) is 15.0. The molecular formula is C55H36N2O. The summed E-state index contributed by atoms with van der Waals surface area (Å²) in [4.78, 5) is 0. The molecule has 8 aromatic carbocycles. The number of hydrogen-bond donors (Lipinski definition) is 0. The molecule has 0 saturated carbocycles. The quantitative estimate of drug-likeness (QED) is 0.172. The second-order valence-corrected chi connectivity index (χ2v) is 15.3. The van der Waals surface area contributed by atoms with Gasteiger partial charge in [0, 0.05) is 43.7 Å². The molecular weight excluding hydrogens is 705 g/mol. The van der Waals surface area contributed by atoms with Crippen LogP contribution >= 0.6 is 0 Å². The van der Waals surface area contributed by atoms with E-state index in [2.05, 4.69) is 215 Å². The van der Waals surface area contributed by atoms with Crippen LogP contribution in [0.1, 0.15) is 12.0 Å². The van der Waals surface area contributed by atoms with E-state index in [1.807, 2.05) is 0 Å². The van der Waals surface area contributed by atoms with E-state index >= 15 is 0 Å².